The Morgan fingerprint density at radius 2 is 1.91 bits per heavy atom. The van der Waals surface area contributed by atoms with Crippen LogP contribution in [0.5, 0.6) is 0 Å². The maximum absolute atomic E-state index is 12.6. The predicted molar refractivity (Wildman–Crippen MR) is 42.1 cm³/mol. The third kappa shape index (κ3) is 4.33. The molecule has 1 atom stereocenters. The van der Waals surface area contributed by atoms with E-state index < -0.39 is 36.7 Å². The van der Waals surface area contributed by atoms with Crippen LogP contribution in [0.15, 0.2) is 12.1 Å². The molecule has 0 aromatic rings. The molecule has 0 aromatic heterocycles. The highest BCUT2D eigenvalue weighted by atomic mass is 127. The molecular formula is C5H5F4IO. The Morgan fingerprint density at radius 3 is 2.18 bits per heavy atom. The molecule has 0 aliphatic carbocycles. The van der Waals surface area contributed by atoms with Gasteiger partial charge in [-0.1, -0.05) is 4.51 Å². The van der Waals surface area contributed by atoms with Crippen molar-refractivity contribution in [3.8, 4) is 0 Å². The fraction of sp³-hybridized carbons (Fsp3) is 0.400. The lowest BCUT2D eigenvalue weighted by Gasteiger charge is -2.13. The third-order valence-electron chi connectivity index (χ3n) is 0.656. The summed E-state index contributed by atoms with van der Waals surface area (Å²) in [5.74, 6) is 0. The average Bonchev–Trinajstić information content (AvgIpc) is 1.87. The number of halogens is 5. The van der Waals surface area contributed by atoms with Gasteiger partial charge < -0.3 is 4.74 Å². The van der Waals surface area contributed by atoms with Crippen molar-refractivity contribution < 1.29 is 22.3 Å². The van der Waals surface area contributed by atoms with Crippen LogP contribution >= 0.6 is 20.7 Å². The van der Waals surface area contributed by atoms with Crippen LogP contribution in [0, 0.1) is 0 Å². The summed E-state index contributed by atoms with van der Waals surface area (Å²) in [4.78, 5) is 0. The molecule has 0 saturated heterocycles. The minimum absolute atomic E-state index is 0.857. The summed E-state index contributed by atoms with van der Waals surface area (Å²) in [6.45, 7) is 0.857. The first-order valence-corrected chi connectivity index (χ1v) is 4.97. The minimum atomic E-state index is -2.66. The van der Waals surface area contributed by atoms with Gasteiger partial charge in [-0.2, -0.15) is 17.6 Å². The molecule has 11 heavy (non-hydrogen) atoms. The van der Waals surface area contributed by atoms with Crippen molar-refractivity contribution >= 4 is 25.2 Å². The van der Waals surface area contributed by atoms with E-state index in [1.54, 1.807) is 0 Å². The van der Waals surface area contributed by atoms with Gasteiger partial charge in [0.1, 0.15) is 0 Å². The summed E-state index contributed by atoms with van der Waals surface area (Å²) < 4.78 is 51.5. The summed E-state index contributed by atoms with van der Waals surface area (Å²) in [5, 5.41) is 0. The maximum Gasteiger partial charge on any atom is 0.342 e. The van der Waals surface area contributed by atoms with Crippen LogP contribution in [-0.4, -0.2) is 8.38 Å². The molecule has 6 heteroatoms. The highest BCUT2D eigenvalue weighted by Gasteiger charge is 2.24. The Bertz CT molecular complexity index is 185. The lowest BCUT2D eigenvalue weighted by Crippen LogP contribution is -2.12. The van der Waals surface area contributed by atoms with Gasteiger partial charge in [0.2, 0.25) is 0 Å². The number of ether oxygens (including phenoxy) is 1. The first kappa shape index (κ1) is 10.9. The molecule has 0 fully saturated rings. The molecule has 0 aliphatic rings. The molecule has 1 unspecified atom stereocenters. The molecule has 0 spiro atoms. The monoisotopic (exact) mass is 284 g/mol. The Balaban J connectivity index is 4.27. The van der Waals surface area contributed by atoms with Crippen LogP contribution < -0.4 is 0 Å². The smallest absolute Gasteiger partial charge is 0.342 e. The zero-order valence-corrected chi connectivity index (χ0v) is 7.66. The molecule has 0 aromatic carbocycles. The van der Waals surface area contributed by atoms with Gasteiger partial charge in [0, 0.05) is 6.92 Å². The van der Waals surface area contributed by atoms with E-state index in [1.807, 2.05) is 0 Å². The van der Waals surface area contributed by atoms with Gasteiger partial charge >= 0.3 is 12.1 Å². The zero-order valence-electron chi connectivity index (χ0n) is 5.51. The van der Waals surface area contributed by atoms with Gasteiger partial charge in [-0.3, -0.25) is 0 Å². The third-order valence-corrected chi connectivity index (χ3v) is 2.24. The van der Waals surface area contributed by atoms with E-state index in [9.17, 15) is 17.6 Å². The van der Waals surface area contributed by atoms with Crippen molar-refractivity contribution in [2.24, 2.45) is 0 Å². The van der Waals surface area contributed by atoms with Crippen LogP contribution in [0.4, 0.5) is 17.6 Å². The highest BCUT2D eigenvalue weighted by molar-refractivity contribution is 14.2. The van der Waals surface area contributed by atoms with E-state index in [4.69, 9.17) is 0 Å². The predicted octanol–water partition coefficient (Wildman–Crippen LogP) is 3.08. The summed E-state index contributed by atoms with van der Waals surface area (Å²) in [5.41, 5.74) is 0. The zero-order chi connectivity index (χ0) is 9.07. The van der Waals surface area contributed by atoms with Crippen molar-refractivity contribution in [2.45, 2.75) is 10.8 Å². The highest BCUT2D eigenvalue weighted by Crippen LogP contribution is 2.30. The summed E-state index contributed by atoms with van der Waals surface area (Å²) >= 11 is -1.34. The second kappa shape index (κ2) is 4.03. The van der Waals surface area contributed by atoms with Gasteiger partial charge in [0.25, 0.3) is 3.86 Å². The van der Waals surface area contributed by atoms with Gasteiger partial charge in [0.15, 0.2) is 0 Å². The fourth-order valence-corrected chi connectivity index (χ4v) is 0.572. The SMILES string of the molecule is C=IC(C)(F)OC(F)=C(F)F. The molecule has 0 amide bonds. The van der Waals surface area contributed by atoms with Gasteiger partial charge in [-0.25, -0.2) is 0 Å². The van der Waals surface area contributed by atoms with Crippen molar-refractivity contribution in [2.75, 3.05) is 0 Å². The van der Waals surface area contributed by atoms with E-state index in [2.05, 4.69) is 9.25 Å². The van der Waals surface area contributed by atoms with E-state index in [1.165, 1.54) is 0 Å². The minimum Gasteiger partial charge on any atom is -0.421 e. The molecule has 0 bridgehead atoms. The Morgan fingerprint density at radius 1 is 1.45 bits per heavy atom. The second-order valence-electron chi connectivity index (χ2n) is 1.58. The largest absolute Gasteiger partial charge is 0.421 e. The van der Waals surface area contributed by atoms with Crippen LogP contribution in [0.2, 0.25) is 0 Å². The number of rotatable bonds is 3. The average molecular weight is 284 g/mol. The second-order valence-corrected chi connectivity index (χ2v) is 4.27. The van der Waals surface area contributed by atoms with Crippen molar-refractivity contribution in [1.82, 2.24) is 0 Å². The standard InChI is InChI=1S/C5H5F4IO/c1-5(9,10-2)11-4(8)3(6)7/h2H2,1H3. The molecule has 1 nitrogen and oxygen atoms in total. The van der Waals surface area contributed by atoms with Crippen LogP contribution in [0.25, 0.3) is 0 Å². The van der Waals surface area contributed by atoms with Gasteiger partial charge in [0.05, 0.1) is 0 Å². The van der Waals surface area contributed by atoms with E-state index in [-0.39, 0.29) is 0 Å². The first-order valence-electron chi connectivity index (χ1n) is 2.37. The molecule has 0 N–H and O–H groups in total. The van der Waals surface area contributed by atoms with Gasteiger partial charge in [-0.15, -0.1) is 0 Å². The Hall–Kier alpha value is -0.140. The molecule has 66 valence electrons. The number of hydrogen-bond donors (Lipinski definition) is 0. The molecule has 0 aliphatic heterocycles. The maximum atomic E-state index is 12.6. The van der Waals surface area contributed by atoms with Crippen molar-refractivity contribution in [3.05, 3.63) is 12.1 Å². The molecule has 0 rings (SSSR count). The van der Waals surface area contributed by atoms with E-state index in [0.29, 0.717) is 0 Å². The van der Waals surface area contributed by atoms with E-state index >= 15 is 0 Å². The number of alkyl halides is 2. The Labute approximate surface area is 70.8 Å². The van der Waals surface area contributed by atoms with Gasteiger partial charge in [-0.05, 0) is 20.7 Å². The lowest BCUT2D eigenvalue weighted by atomic mass is 10.8. The van der Waals surface area contributed by atoms with Crippen molar-refractivity contribution in [1.29, 1.82) is 0 Å². The van der Waals surface area contributed by atoms with Crippen LogP contribution in [0.1, 0.15) is 6.92 Å². The Kier molecular flexibility index (Phi) is 3.98. The van der Waals surface area contributed by atoms with Crippen molar-refractivity contribution in [3.63, 3.8) is 0 Å². The van der Waals surface area contributed by atoms with E-state index in [0.717, 1.165) is 6.92 Å². The van der Waals surface area contributed by atoms with Crippen LogP contribution in [0.3, 0.4) is 0 Å². The number of hydrogen-bond acceptors (Lipinski definition) is 1. The topological polar surface area (TPSA) is 9.23 Å². The molecule has 0 radical (unpaired) electrons. The normalized spacial score (nSPS) is 15.4. The first-order chi connectivity index (χ1) is 4.89. The summed E-state index contributed by atoms with van der Waals surface area (Å²) in [6.07, 6.45) is -2.66. The quantitative estimate of drug-likeness (QED) is 0.335. The molecule has 0 saturated carbocycles. The summed E-state index contributed by atoms with van der Waals surface area (Å²) in [6, 6.07) is -2.17. The fourth-order valence-electron chi connectivity index (χ4n) is 0.223. The molecule has 0 heterocycles. The lowest BCUT2D eigenvalue weighted by molar-refractivity contribution is -0.0334. The summed E-state index contributed by atoms with van der Waals surface area (Å²) in [7, 11) is 0. The van der Waals surface area contributed by atoms with Crippen LogP contribution in [-0.2, 0) is 4.74 Å². The molecular weight excluding hydrogens is 279 g/mol.